The Morgan fingerprint density at radius 1 is 0.607 bits per heavy atom. The maximum atomic E-state index is 13.1. The van der Waals surface area contributed by atoms with Crippen LogP contribution in [-0.4, -0.2) is 137 Å². The molecule has 2 atom stereocenters. The molecule has 0 bridgehead atoms. The lowest BCUT2D eigenvalue weighted by atomic mass is 9.82. The highest BCUT2D eigenvalue weighted by Gasteiger charge is 2.52. The molecule has 4 aromatic carbocycles. The van der Waals surface area contributed by atoms with E-state index in [2.05, 4.69) is 56.8 Å². The van der Waals surface area contributed by atoms with Crippen molar-refractivity contribution in [3.05, 3.63) is 137 Å². The Balaban J connectivity index is 0.000000142. The van der Waals surface area contributed by atoms with Crippen LogP contribution in [0.5, 0.6) is 0 Å². The molecule has 3 fully saturated rings. The highest BCUT2D eigenvalue weighted by atomic mass is 79.9. The number of hydrogen-bond acceptors (Lipinski definition) is 14. The number of aromatic nitrogens is 10. The van der Waals surface area contributed by atoms with E-state index in [-0.39, 0.29) is 42.2 Å². The second-order valence-corrected chi connectivity index (χ2v) is 24.9. The minimum atomic E-state index is -0.931. The zero-order valence-corrected chi connectivity index (χ0v) is 50.3. The summed E-state index contributed by atoms with van der Waals surface area (Å²) in [6, 6.07) is 30.0. The Morgan fingerprint density at radius 3 is 1.51 bits per heavy atom. The van der Waals surface area contributed by atoms with Crippen molar-refractivity contribution >= 4 is 62.1 Å². The Bertz CT molecular complexity index is 3980. The van der Waals surface area contributed by atoms with Crippen molar-refractivity contribution in [3.8, 4) is 56.6 Å². The van der Waals surface area contributed by atoms with Crippen LogP contribution in [0.2, 0.25) is 0 Å². The largest absolute Gasteiger partial charge is 0.498 e. The lowest BCUT2D eigenvalue weighted by Crippen LogP contribution is -2.48. The molecule has 0 unspecified atom stereocenters. The van der Waals surface area contributed by atoms with E-state index in [4.69, 9.17) is 18.4 Å². The number of fused-ring (bicyclic) bond motifs is 2. The van der Waals surface area contributed by atoms with Crippen LogP contribution in [-0.2, 0) is 23.4 Å². The van der Waals surface area contributed by atoms with Crippen LogP contribution in [0.25, 0.3) is 78.4 Å². The van der Waals surface area contributed by atoms with E-state index < -0.39 is 11.2 Å². The summed E-state index contributed by atoms with van der Waals surface area (Å²) in [7, 11) is 3.47. The summed E-state index contributed by atoms with van der Waals surface area (Å²) in [5, 5.41) is 54.5. The molecule has 10 aromatic rings. The number of likely N-dealkylation sites (tertiary alicyclic amines) is 2. The summed E-state index contributed by atoms with van der Waals surface area (Å²) < 4.78 is 27.5. The first kappa shape index (κ1) is 57.8. The lowest BCUT2D eigenvalue weighted by molar-refractivity contribution is 0.000309. The standard InChI is InChI=1S/C28H28N6O3.C24H23BrN4O3.C10H17BN2O2/c1-28(2,36)25-5-4-12-34(25)27(35)18-8-6-17(7-9-18)22-14-24(37-32-22)26-21-11-10-19(13-23(21)30-31-26)20-15-29-33(3)16-20;1-24(2,31)21-4-3-11-29(21)23(30)15-7-5-14(6-8-15)18-13-20(32-28-18)22-17-10-9-16(25)12-19(17)26-27-22;1-9(2)10(3,4)15-11(14-9)8-6-12-13(5)7-8/h6-11,13-16,25,36H,4-5,12H2,1-3H3,(H,30,31);5-10,12-13,21,31H,3-4,11H2,1-2H3,(H,26,27);6-7H,1-5H3/t25-;21-;/m11./s1. The second kappa shape index (κ2) is 22.5. The smallest absolute Gasteiger partial charge is 0.399 e. The summed E-state index contributed by atoms with van der Waals surface area (Å²) in [6.45, 7) is 16.5. The number of carbonyl (C=O) groups excluding carboxylic acids is 2. The molecule has 0 radical (unpaired) electrons. The van der Waals surface area contributed by atoms with Gasteiger partial charge in [0, 0.05) is 106 Å². The number of aromatic amines is 2. The van der Waals surface area contributed by atoms with Gasteiger partial charge in [-0.2, -0.15) is 20.4 Å². The molecule has 9 heterocycles. The summed E-state index contributed by atoms with van der Waals surface area (Å²) in [5.41, 5.74) is 8.01. The molecular formula is C62H68BBrN12O8. The number of H-pyrrole nitrogens is 2. The van der Waals surface area contributed by atoms with Gasteiger partial charge in [-0.3, -0.25) is 29.2 Å². The van der Waals surface area contributed by atoms with Crippen molar-refractivity contribution in [2.75, 3.05) is 13.1 Å². The number of amides is 2. The average molecular weight is 1200 g/mol. The van der Waals surface area contributed by atoms with Crippen LogP contribution >= 0.6 is 15.9 Å². The molecule has 3 aliphatic rings. The molecule has 0 aliphatic carbocycles. The fourth-order valence-electron chi connectivity index (χ4n) is 11.1. The van der Waals surface area contributed by atoms with Gasteiger partial charge in [0.15, 0.2) is 11.5 Å². The van der Waals surface area contributed by atoms with Gasteiger partial charge in [0.1, 0.15) is 22.8 Å². The van der Waals surface area contributed by atoms with Crippen molar-refractivity contribution in [1.82, 2.24) is 60.1 Å². The number of aryl methyl sites for hydroxylation is 2. The van der Waals surface area contributed by atoms with Gasteiger partial charge in [-0.25, -0.2) is 0 Å². The van der Waals surface area contributed by atoms with Crippen LogP contribution in [0.15, 0.2) is 135 Å². The summed E-state index contributed by atoms with van der Waals surface area (Å²) in [4.78, 5) is 29.7. The van der Waals surface area contributed by atoms with Crippen LogP contribution < -0.4 is 5.46 Å². The predicted molar refractivity (Wildman–Crippen MR) is 324 cm³/mol. The fourth-order valence-corrected chi connectivity index (χ4v) is 11.5. The third-order valence-electron chi connectivity index (χ3n) is 16.4. The highest BCUT2D eigenvalue weighted by Crippen LogP contribution is 2.38. The molecule has 0 spiro atoms. The third-order valence-corrected chi connectivity index (χ3v) is 16.9. The van der Waals surface area contributed by atoms with Crippen molar-refractivity contribution in [3.63, 3.8) is 0 Å². The van der Waals surface area contributed by atoms with Crippen LogP contribution in [0.3, 0.4) is 0 Å². The summed E-state index contributed by atoms with van der Waals surface area (Å²) in [5.74, 6) is 1.00. The molecule has 2 amide bonds. The third kappa shape index (κ3) is 11.8. The minimum absolute atomic E-state index is 0.0591. The van der Waals surface area contributed by atoms with Gasteiger partial charge in [-0.15, -0.1) is 0 Å². The zero-order valence-electron chi connectivity index (χ0n) is 48.7. The number of aliphatic hydroxyl groups is 2. The van der Waals surface area contributed by atoms with Gasteiger partial charge in [-0.05, 0) is 141 Å². The number of rotatable bonds is 10. The summed E-state index contributed by atoms with van der Waals surface area (Å²) in [6.07, 6.45) is 10.9. The van der Waals surface area contributed by atoms with Crippen LogP contribution in [0.1, 0.15) is 102 Å². The first-order chi connectivity index (χ1) is 39.9. The maximum absolute atomic E-state index is 13.1. The topological polar surface area (TPSA) is 245 Å². The number of carbonyl (C=O) groups is 2. The van der Waals surface area contributed by atoms with Crippen molar-refractivity contribution in [2.45, 2.75) is 116 Å². The van der Waals surface area contributed by atoms with Crippen LogP contribution in [0.4, 0.5) is 0 Å². The zero-order chi connectivity index (χ0) is 59.5. The first-order valence-corrected chi connectivity index (χ1v) is 28.9. The normalized spacial score (nSPS) is 17.7. The van der Waals surface area contributed by atoms with E-state index in [1.165, 1.54) is 0 Å². The SMILES string of the molecule is CC(C)(O)[C@H]1CCCN1C(=O)c1ccc(-c2cc(-c3n[nH]c4cc(Br)ccc34)on2)cc1.Cn1cc(-c2ccc3c(-c4cc(-c5ccc(C(=O)N6CCC[C@@H]6C(C)(C)O)cc5)no4)n[nH]c3c2)cn1.Cn1cc(B2OC(C)(C)C(C)(C)O2)cn1. The molecule has 84 heavy (non-hydrogen) atoms. The number of benzene rings is 4. The van der Waals surface area contributed by atoms with E-state index in [0.717, 1.165) is 79.7 Å². The van der Waals surface area contributed by atoms with Gasteiger partial charge in [0.05, 0.1) is 51.7 Å². The number of nitrogens with one attached hydrogen (secondary N) is 2. The molecule has 6 aromatic heterocycles. The van der Waals surface area contributed by atoms with E-state index in [0.29, 0.717) is 58.5 Å². The molecule has 4 N–H and O–H groups in total. The lowest BCUT2D eigenvalue weighted by Gasteiger charge is -2.33. The highest BCUT2D eigenvalue weighted by molar-refractivity contribution is 9.10. The quantitative estimate of drug-likeness (QED) is 0.0931. The average Bonchev–Trinajstić information content (AvgIpc) is 3.29. The molecule has 3 aliphatic heterocycles. The fraction of sp³-hybridized carbons (Fsp3) is 0.355. The minimum Gasteiger partial charge on any atom is -0.399 e. The van der Waals surface area contributed by atoms with Crippen molar-refractivity contribution < 1.29 is 38.2 Å². The van der Waals surface area contributed by atoms with E-state index in [9.17, 15) is 19.8 Å². The van der Waals surface area contributed by atoms with E-state index in [1.807, 2.05) is 133 Å². The Hall–Kier alpha value is -8.02. The monoisotopic (exact) mass is 1200 g/mol. The molecular weight excluding hydrogens is 1130 g/mol. The van der Waals surface area contributed by atoms with Gasteiger partial charge in [0.2, 0.25) is 0 Å². The first-order valence-electron chi connectivity index (χ1n) is 28.1. The molecule has 0 saturated carbocycles. The number of halogens is 1. The summed E-state index contributed by atoms with van der Waals surface area (Å²) >= 11 is 3.46. The van der Waals surface area contributed by atoms with Crippen molar-refractivity contribution in [1.29, 1.82) is 0 Å². The maximum Gasteiger partial charge on any atom is 0.498 e. The van der Waals surface area contributed by atoms with E-state index in [1.54, 1.807) is 77.3 Å². The van der Waals surface area contributed by atoms with Crippen LogP contribution in [0, 0.1) is 0 Å². The number of nitrogens with zero attached hydrogens (tertiary/aromatic N) is 10. The van der Waals surface area contributed by atoms with Gasteiger partial charge in [0.25, 0.3) is 11.8 Å². The Labute approximate surface area is 494 Å². The van der Waals surface area contributed by atoms with E-state index >= 15 is 0 Å². The Morgan fingerprint density at radius 2 is 1.06 bits per heavy atom. The Kier molecular flexibility index (Phi) is 15.5. The molecule has 20 nitrogen and oxygen atoms in total. The van der Waals surface area contributed by atoms with Crippen molar-refractivity contribution in [2.24, 2.45) is 14.1 Å². The molecule has 434 valence electrons. The molecule has 22 heteroatoms. The molecule has 13 rings (SSSR count). The van der Waals surface area contributed by atoms with Gasteiger partial charge < -0.3 is 38.4 Å². The number of hydrogen-bond donors (Lipinski definition) is 4. The molecule has 3 saturated heterocycles. The van der Waals surface area contributed by atoms with Gasteiger partial charge in [-0.1, -0.05) is 56.6 Å². The second-order valence-electron chi connectivity index (χ2n) is 24.0. The predicted octanol–water partition coefficient (Wildman–Crippen LogP) is 10.4. The van der Waals surface area contributed by atoms with Gasteiger partial charge >= 0.3 is 7.12 Å².